The fourth-order valence-corrected chi connectivity index (χ4v) is 2.06. The van der Waals surface area contributed by atoms with Crippen LogP contribution in [0.25, 0.3) is 0 Å². The van der Waals surface area contributed by atoms with Crippen molar-refractivity contribution < 1.29 is 19.3 Å². The lowest BCUT2D eigenvalue weighted by atomic mass is 10.1. The molecule has 0 amide bonds. The number of hydrogen-bond donors (Lipinski definition) is 3. The average molecular weight is 325 g/mol. The Morgan fingerprint density at radius 3 is 2.78 bits per heavy atom. The molecule has 1 aromatic heterocycles. The molecule has 9 heteroatoms. The molecule has 0 aliphatic carbocycles. The molecule has 0 unspecified atom stereocenters. The van der Waals surface area contributed by atoms with E-state index in [0.29, 0.717) is 0 Å². The number of rotatable bonds is 2. The number of aromatic nitrogens is 2. The van der Waals surface area contributed by atoms with Gasteiger partial charge in [-0.15, -0.1) is 0 Å². The van der Waals surface area contributed by atoms with Crippen LogP contribution >= 0.6 is 15.9 Å². The third-order valence-electron chi connectivity index (χ3n) is 2.67. The number of H-pyrrole nitrogens is 1. The second-order valence-electron chi connectivity index (χ2n) is 3.83. The molecule has 7 nitrogen and oxygen atoms in total. The molecule has 3 N–H and O–H groups in total. The van der Waals surface area contributed by atoms with Crippen LogP contribution in [0.4, 0.5) is 4.39 Å². The number of ether oxygens (including phenoxy) is 1. The molecule has 0 spiro atoms. The Kier molecular flexibility index (Phi) is 3.66. The predicted molar refractivity (Wildman–Crippen MR) is 60.9 cm³/mol. The van der Waals surface area contributed by atoms with Gasteiger partial charge < -0.3 is 14.9 Å². The van der Waals surface area contributed by atoms with Crippen LogP contribution in [0.2, 0.25) is 0 Å². The van der Waals surface area contributed by atoms with E-state index in [4.69, 9.17) is 9.84 Å². The van der Waals surface area contributed by atoms with Crippen LogP contribution in [0.5, 0.6) is 0 Å². The monoisotopic (exact) mass is 324 g/mol. The molecule has 2 heterocycles. The van der Waals surface area contributed by atoms with Gasteiger partial charge in [-0.25, -0.2) is 9.18 Å². The minimum absolute atomic E-state index is 0.0424. The molecular formula is C9H10BrFN2O5. The number of nitrogens with zero attached hydrogens (tertiary/aromatic N) is 1. The van der Waals surface area contributed by atoms with E-state index in [2.05, 4.69) is 15.9 Å². The molecule has 1 saturated heterocycles. The van der Waals surface area contributed by atoms with Crippen LogP contribution in [-0.4, -0.2) is 44.8 Å². The molecular weight excluding hydrogens is 315 g/mol. The number of nitrogens with one attached hydrogen (secondary N) is 1. The minimum atomic E-state index is -1.81. The van der Waals surface area contributed by atoms with Gasteiger partial charge in [0.25, 0.3) is 5.56 Å². The summed E-state index contributed by atoms with van der Waals surface area (Å²) < 4.78 is 19.4. The van der Waals surface area contributed by atoms with Gasteiger partial charge in [-0.05, 0) is 15.9 Å². The van der Waals surface area contributed by atoms with Gasteiger partial charge in [0.05, 0.1) is 11.1 Å². The van der Waals surface area contributed by atoms with Gasteiger partial charge in [0, 0.05) is 6.20 Å². The van der Waals surface area contributed by atoms with E-state index < -0.39 is 42.5 Å². The third kappa shape index (κ3) is 2.14. The number of alkyl halides is 1. The Morgan fingerprint density at radius 1 is 1.56 bits per heavy atom. The highest BCUT2D eigenvalue weighted by atomic mass is 79.9. The van der Waals surface area contributed by atoms with Crippen molar-refractivity contribution in [3.63, 3.8) is 0 Å². The normalized spacial score (nSPS) is 31.8. The number of aliphatic hydroxyl groups excluding tert-OH is 2. The molecule has 0 bridgehead atoms. The topological polar surface area (TPSA) is 105 Å². The smallest absolute Gasteiger partial charge is 0.330 e. The van der Waals surface area contributed by atoms with Gasteiger partial charge in [0.15, 0.2) is 12.4 Å². The summed E-state index contributed by atoms with van der Waals surface area (Å²) in [5.41, 5.74) is -1.47. The Morgan fingerprint density at radius 2 is 2.22 bits per heavy atom. The molecule has 100 valence electrons. The zero-order chi connectivity index (χ0) is 13.4. The number of hydrogen-bond acceptors (Lipinski definition) is 5. The highest BCUT2D eigenvalue weighted by Gasteiger charge is 2.45. The highest BCUT2D eigenvalue weighted by Crippen LogP contribution is 2.30. The van der Waals surface area contributed by atoms with Crippen molar-refractivity contribution in [1.82, 2.24) is 9.55 Å². The van der Waals surface area contributed by atoms with E-state index in [1.807, 2.05) is 4.98 Å². The first kappa shape index (κ1) is 13.4. The maximum absolute atomic E-state index is 13.5. The summed E-state index contributed by atoms with van der Waals surface area (Å²) in [5, 5.41) is 18.5. The number of aliphatic hydroxyl groups is 2. The van der Waals surface area contributed by atoms with Crippen LogP contribution in [0, 0.1) is 0 Å². The predicted octanol–water partition coefficient (Wildman–Crippen LogP) is -1.11. The lowest BCUT2D eigenvalue weighted by Gasteiger charge is -2.16. The van der Waals surface area contributed by atoms with Crippen molar-refractivity contribution in [3.8, 4) is 0 Å². The zero-order valence-electron chi connectivity index (χ0n) is 8.92. The van der Waals surface area contributed by atoms with Crippen LogP contribution < -0.4 is 11.2 Å². The van der Waals surface area contributed by atoms with Gasteiger partial charge in [-0.2, -0.15) is 0 Å². The van der Waals surface area contributed by atoms with Crippen molar-refractivity contribution >= 4 is 15.9 Å². The van der Waals surface area contributed by atoms with E-state index >= 15 is 0 Å². The lowest BCUT2D eigenvalue weighted by molar-refractivity contribution is -0.0538. The summed E-state index contributed by atoms with van der Waals surface area (Å²) in [7, 11) is 0. The molecule has 1 aliphatic rings. The molecule has 0 aromatic carbocycles. The van der Waals surface area contributed by atoms with Crippen molar-refractivity contribution in [2.45, 2.75) is 24.6 Å². The van der Waals surface area contributed by atoms with Gasteiger partial charge in [-0.3, -0.25) is 14.3 Å². The van der Waals surface area contributed by atoms with Crippen LogP contribution in [-0.2, 0) is 4.74 Å². The first-order valence-corrected chi connectivity index (χ1v) is 5.84. The largest absolute Gasteiger partial charge is 0.394 e. The molecule has 1 aromatic rings. The molecule has 18 heavy (non-hydrogen) atoms. The van der Waals surface area contributed by atoms with E-state index in [1.165, 1.54) is 0 Å². The molecule has 0 saturated carbocycles. The quantitative estimate of drug-likeness (QED) is 0.639. The Balaban J connectivity index is 2.42. The van der Waals surface area contributed by atoms with Gasteiger partial charge in [0.2, 0.25) is 0 Å². The SMILES string of the molecule is O=c1[nH]c(=O)n([C@H]2O[C@@H](CO)[C@H](F)[C@@H]2O)cc1Br. The third-order valence-corrected chi connectivity index (χ3v) is 3.23. The fourth-order valence-electron chi connectivity index (χ4n) is 1.74. The summed E-state index contributed by atoms with van der Waals surface area (Å²) in [6.45, 7) is -0.617. The number of aromatic amines is 1. The zero-order valence-corrected chi connectivity index (χ0v) is 10.5. The van der Waals surface area contributed by atoms with Crippen molar-refractivity contribution in [3.05, 3.63) is 31.5 Å². The van der Waals surface area contributed by atoms with Crippen molar-refractivity contribution in [1.29, 1.82) is 0 Å². The Bertz CT molecular complexity index is 559. The Labute approximate surface area is 108 Å². The first-order chi connectivity index (χ1) is 8.45. The maximum Gasteiger partial charge on any atom is 0.330 e. The summed E-state index contributed by atoms with van der Waals surface area (Å²) in [5.74, 6) is 0. The first-order valence-electron chi connectivity index (χ1n) is 5.05. The summed E-state index contributed by atoms with van der Waals surface area (Å²) in [6.07, 6.45) is -4.81. The van der Waals surface area contributed by atoms with E-state index in [-0.39, 0.29) is 4.47 Å². The minimum Gasteiger partial charge on any atom is -0.394 e. The summed E-state index contributed by atoms with van der Waals surface area (Å²) in [6, 6.07) is 0. The second-order valence-corrected chi connectivity index (χ2v) is 4.68. The van der Waals surface area contributed by atoms with Crippen LogP contribution in [0.3, 0.4) is 0 Å². The van der Waals surface area contributed by atoms with Crippen molar-refractivity contribution in [2.75, 3.05) is 6.61 Å². The van der Waals surface area contributed by atoms with Gasteiger partial charge in [0.1, 0.15) is 12.2 Å². The molecule has 1 fully saturated rings. The van der Waals surface area contributed by atoms with E-state index in [1.54, 1.807) is 0 Å². The van der Waals surface area contributed by atoms with E-state index in [0.717, 1.165) is 10.8 Å². The maximum atomic E-state index is 13.5. The molecule has 4 atom stereocenters. The average Bonchev–Trinajstić information content (AvgIpc) is 2.61. The Hall–Kier alpha value is -1.03. The second kappa shape index (κ2) is 4.92. The fraction of sp³-hybridized carbons (Fsp3) is 0.556. The highest BCUT2D eigenvalue weighted by molar-refractivity contribution is 9.10. The van der Waals surface area contributed by atoms with Crippen LogP contribution in [0.15, 0.2) is 20.3 Å². The van der Waals surface area contributed by atoms with E-state index in [9.17, 15) is 19.1 Å². The van der Waals surface area contributed by atoms with Crippen molar-refractivity contribution in [2.24, 2.45) is 0 Å². The standard InChI is InChI=1S/C9H10BrFN2O5/c10-3-1-13(9(17)12-7(3)16)8-6(15)5(11)4(2-14)18-8/h1,4-6,8,14-15H,2H2,(H,12,16,17)/t4-,5-,6-,8-/m0/s1. The molecule has 2 rings (SSSR count). The lowest BCUT2D eigenvalue weighted by Crippen LogP contribution is -2.37. The molecule has 1 aliphatic heterocycles. The summed E-state index contributed by atoms with van der Waals surface area (Å²) >= 11 is 2.91. The van der Waals surface area contributed by atoms with Crippen LogP contribution in [0.1, 0.15) is 6.23 Å². The number of halogens is 2. The van der Waals surface area contributed by atoms with Gasteiger partial charge in [-0.1, -0.05) is 0 Å². The molecule has 0 radical (unpaired) electrons. The van der Waals surface area contributed by atoms with Gasteiger partial charge >= 0.3 is 5.69 Å². The summed E-state index contributed by atoms with van der Waals surface area (Å²) in [4.78, 5) is 24.7.